The Balaban J connectivity index is 1.74. The van der Waals surface area contributed by atoms with Gasteiger partial charge in [-0.05, 0) is 49.2 Å². The summed E-state index contributed by atoms with van der Waals surface area (Å²) >= 11 is 5.58. The molecule has 9 heteroatoms. The van der Waals surface area contributed by atoms with E-state index in [9.17, 15) is 22.8 Å². The van der Waals surface area contributed by atoms with Crippen LogP contribution in [0.1, 0.15) is 24.0 Å². The zero-order valence-electron chi connectivity index (χ0n) is 15.5. The van der Waals surface area contributed by atoms with E-state index in [0.717, 1.165) is 11.6 Å². The van der Waals surface area contributed by atoms with E-state index in [0.29, 0.717) is 18.2 Å². The van der Waals surface area contributed by atoms with Crippen molar-refractivity contribution in [3.8, 4) is 5.75 Å². The van der Waals surface area contributed by atoms with Gasteiger partial charge >= 0.3 is 12.1 Å². The number of hydrogen-bond donors (Lipinski definition) is 1. The van der Waals surface area contributed by atoms with Crippen LogP contribution in [0.3, 0.4) is 0 Å². The van der Waals surface area contributed by atoms with Gasteiger partial charge in [0.2, 0.25) is 0 Å². The number of aryl methyl sites for hydroxylation is 1. The van der Waals surface area contributed by atoms with Crippen LogP contribution in [-0.2, 0) is 20.5 Å². The monoisotopic (exact) mass is 429 g/mol. The second-order valence-electron chi connectivity index (χ2n) is 6.17. The van der Waals surface area contributed by atoms with Crippen LogP contribution >= 0.6 is 11.6 Å². The summed E-state index contributed by atoms with van der Waals surface area (Å²) in [7, 11) is 0. The van der Waals surface area contributed by atoms with Crippen molar-refractivity contribution in [2.45, 2.75) is 25.9 Å². The van der Waals surface area contributed by atoms with Crippen LogP contribution in [0.2, 0.25) is 5.02 Å². The van der Waals surface area contributed by atoms with Crippen molar-refractivity contribution < 1.29 is 32.2 Å². The minimum Gasteiger partial charge on any atom is -0.494 e. The number of nitrogens with one attached hydrogen (secondary N) is 1. The maximum Gasteiger partial charge on any atom is 0.418 e. The predicted octanol–water partition coefficient (Wildman–Crippen LogP) is 5.01. The highest BCUT2D eigenvalue weighted by Gasteiger charge is 2.34. The summed E-state index contributed by atoms with van der Waals surface area (Å²) < 4.78 is 49.3. The van der Waals surface area contributed by atoms with Gasteiger partial charge in [-0.15, -0.1) is 0 Å². The SMILES string of the molecule is Cc1cccc(OCCCC(=O)OCC(=O)Nc2ccc(Cl)cc2C(F)(F)F)c1. The van der Waals surface area contributed by atoms with Crippen molar-refractivity contribution in [3.05, 3.63) is 58.6 Å². The van der Waals surface area contributed by atoms with Crippen molar-refractivity contribution in [2.75, 3.05) is 18.5 Å². The maximum absolute atomic E-state index is 13.0. The molecule has 0 aliphatic carbocycles. The van der Waals surface area contributed by atoms with Crippen LogP contribution in [0.25, 0.3) is 0 Å². The molecule has 2 aromatic carbocycles. The van der Waals surface area contributed by atoms with Gasteiger partial charge in [0, 0.05) is 11.4 Å². The minimum absolute atomic E-state index is 0.00778. The van der Waals surface area contributed by atoms with Gasteiger partial charge in [-0.3, -0.25) is 9.59 Å². The molecule has 0 aliphatic rings. The minimum atomic E-state index is -4.69. The summed E-state index contributed by atoms with van der Waals surface area (Å²) in [6, 6.07) is 10.4. The number of amides is 1. The third-order valence-corrected chi connectivity index (χ3v) is 3.94. The molecule has 1 amide bonds. The van der Waals surface area contributed by atoms with Crippen LogP contribution in [0.4, 0.5) is 18.9 Å². The molecular weight excluding hydrogens is 411 g/mol. The van der Waals surface area contributed by atoms with Crippen molar-refractivity contribution >= 4 is 29.2 Å². The molecule has 0 bridgehead atoms. The molecule has 5 nitrogen and oxygen atoms in total. The topological polar surface area (TPSA) is 64.6 Å². The Bertz CT molecular complexity index is 871. The number of rotatable bonds is 8. The molecule has 0 saturated heterocycles. The third kappa shape index (κ3) is 7.65. The molecule has 0 atom stereocenters. The smallest absolute Gasteiger partial charge is 0.418 e. The molecule has 0 unspecified atom stereocenters. The second-order valence-corrected chi connectivity index (χ2v) is 6.60. The lowest BCUT2D eigenvalue weighted by Gasteiger charge is -2.14. The molecule has 156 valence electrons. The number of anilines is 1. The Morgan fingerprint density at radius 2 is 1.90 bits per heavy atom. The Hall–Kier alpha value is -2.74. The zero-order chi connectivity index (χ0) is 21.4. The molecule has 0 aliphatic heterocycles. The van der Waals surface area contributed by atoms with Gasteiger partial charge in [0.15, 0.2) is 6.61 Å². The fraction of sp³-hybridized carbons (Fsp3) is 0.300. The molecule has 0 heterocycles. The van der Waals surface area contributed by atoms with Gasteiger partial charge in [-0.2, -0.15) is 13.2 Å². The summed E-state index contributed by atoms with van der Waals surface area (Å²) in [6.07, 6.45) is -4.32. The predicted molar refractivity (Wildman–Crippen MR) is 102 cm³/mol. The molecule has 0 fully saturated rings. The maximum atomic E-state index is 13.0. The third-order valence-electron chi connectivity index (χ3n) is 3.71. The molecule has 29 heavy (non-hydrogen) atoms. The van der Waals surface area contributed by atoms with Crippen LogP contribution in [0.15, 0.2) is 42.5 Å². The number of esters is 1. The highest BCUT2D eigenvalue weighted by molar-refractivity contribution is 6.30. The van der Waals surface area contributed by atoms with Gasteiger partial charge in [0.25, 0.3) is 5.91 Å². The van der Waals surface area contributed by atoms with E-state index in [1.165, 1.54) is 6.07 Å². The van der Waals surface area contributed by atoms with Crippen molar-refractivity contribution in [1.29, 1.82) is 0 Å². The van der Waals surface area contributed by atoms with E-state index in [1.807, 2.05) is 25.1 Å². The van der Waals surface area contributed by atoms with E-state index < -0.39 is 35.9 Å². The first kappa shape index (κ1) is 22.5. The second kappa shape index (κ2) is 10.2. The Labute approximate surface area is 170 Å². The molecule has 0 saturated carbocycles. The number of halogens is 4. The van der Waals surface area contributed by atoms with Crippen LogP contribution in [0.5, 0.6) is 5.75 Å². The molecule has 0 spiro atoms. The summed E-state index contributed by atoms with van der Waals surface area (Å²) in [6.45, 7) is 1.51. The normalized spacial score (nSPS) is 11.1. The summed E-state index contributed by atoms with van der Waals surface area (Å²) in [4.78, 5) is 23.5. The fourth-order valence-electron chi connectivity index (χ4n) is 2.38. The van der Waals surface area contributed by atoms with Crippen LogP contribution in [0, 0.1) is 6.92 Å². The van der Waals surface area contributed by atoms with Gasteiger partial charge in [-0.25, -0.2) is 0 Å². The molecular formula is C20H19ClF3NO4. The number of hydrogen-bond acceptors (Lipinski definition) is 4. The first-order valence-corrected chi connectivity index (χ1v) is 9.04. The highest BCUT2D eigenvalue weighted by Crippen LogP contribution is 2.36. The van der Waals surface area contributed by atoms with Crippen molar-refractivity contribution in [2.24, 2.45) is 0 Å². The van der Waals surface area contributed by atoms with E-state index in [4.69, 9.17) is 21.1 Å². The molecule has 1 N–H and O–H groups in total. The molecule has 2 rings (SSSR count). The van der Waals surface area contributed by atoms with Crippen molar-refractivity contribution in [3.63, 3.8) is 0 Å². The number of alkyl halides is 3. The summed E-state index contributed by atoms with van der Waals surface area (Å²) in [5.74, 6) is -0.858. The summed E-state index contributed by atoms with van der Waals surface area (Å²) in [5.41, 5.74) is -0.505. The Kier molecular flexibility index (Phi) is 7.90. The average Bonchev–Trinajstić information content (AvgIpc) is 2.64. The van der Waals surface area contributed by atoms with E-state index in [1.54, 1.807) is 6.07 Å². The lowest BCUT2D eigenvalue weighted by Crippen LogP contribution is -2.22. The van der Waals surface area contributed by atoms with Gasteiger partial charge in [-0.1, -0.05) is 23.7 Å². The first-order valence-electron chi connectivity index (χ1n) is 8.67. The molecule has 2 aromatic rings. The average molecular weight is 430 g/mol. The van der Waals surface area contributed by atoms with Crippen LogP contribution in [-0.4, -0.2) is 25.1 Å². The van der Waals surface area contributed by atoms with E-state index in [2.05, 4.69) is 5.32 Å². The number of ether oxygens (including phenoxy) is 2. The van der Waals surface area contributed by atoms with E-state index >= 15 is 0 Å². The summed E-state index contributed by atoms with van der Waals surface area (Å²) in [5, 5.41) is 1.96. The standard InChI is InChI=1S/C20H19ClF3NO4/c1-13-4-2-5-15(10-13)28-9-3-6-19(27)29-12-18(26)25-17-8-7-14(21)11-16(17)20(22,23)24/h2,4-5,7-8,10-11H,3,6,9,12H2,1H3,(H,25,26). The number of carbonyl (C=O) groups is 2. The van der Waals surface area contributed by atoms with Crippen LogP contribution < -0.4 is 10.1 Å². The molecule has 0 radical (unpaired) electrons. The quantitative estimate of drug-likeness (QED) is 0.473. The fourth-order valence-corrected chi connectivity index (χ4v) is 2.55. The zero-order valence-corrected chi connectivity index (χ0v) is 16.3. The van der Waals surface area contributed by atoms with Gasteiger partial charge < -0.3 is 14.8 Å². The Morgan fingerprint density at radius 3 is 2.59 bits per heavy atom. The Morgan fingerprint density at radius 1 is 1.14 bits per heavy atom. The number of carbonyl (C=O) groups excluding carboxylic acids is 2. The lowest BCUT2D eigenvalue weighted by atomic mass is 10.1. The van der Waals surface area contributed by atoms with Gasteiger partial charge in [0.05, 0.1) is 17.9 Å². The van der Waals surface area contributed by atoms with E-state index in [-0.39, 0.29) is 18.1 Å². The largest absolute Gasteiger partial charge is 0.494 e. The highest BCUT2D eigenvalue weighted by atomic mass is 35.5. The lowest BCUT2D eigenvalue weighted by molar-refractivity contribution is -0.147. The number of benzene rings is 2. The van der Waals surface area contributed by atoms with Gasteiger partial charge in [0.1, 0.15) is 5.75 Å². The first-order chi connectivity index (χ1) is 13.6. The van der Waals surface area contributed by atoms with Crippen molar-refractivity contribution in [1.82, 2.24) is 0 Å². The molecule has 0 aromatic heterocycles.